The van der Waals surface area contributed by atoms with E-state index in [1.165, 1.54) is 19.3 Å². The molecule has 0 radical (unpaired) electrons. The average molecular weight is 337 g/mol. The van der Waals surface area contributed by atoms with Gasteiger partial charge in [-0.1, -0.05) is 36.9 Å². The van der Waals surface area contributed by atoms with Crippen LogP contribution < -0.4 is 5.32 Å². The molecule has 0 heterocycles. The first-order valence-electron chi connectivity index (χ1n) is 8.31. The van der Waals surface area contributed by atoms with E-state index in [1.807, 2.05) is 24.0 Å². The molecule has 1 aromatic rings. The number of amides is 2. The lowest BCUT2D eigenvalue weighted by molar-refractivity contribution is -0.132. The predicted molar refractivity (Wildman–Crippen MR) is 93.7 cm³/mol. The van der Waals surface area contributed by atoms with Crippen molar-refractivity contribution in [2.24, 2.45) is 0 Å². The lowest BCUT2D eigenvalue weighted by Gasteiger charge is -2.33. The Morgan fingerprint density at radius 2 is 1.96 bits per heavy atom. The van der Waals surface area contributed by atoms with Crippen LogP contribution in [0.15, 0.2) is 18.2 Å². The van der Waals surface area contributed by atoms with Gasteiger partial charge >= 0.3 is 0 Å². The predicted octanol–water partition coefficient (Wildman–Crippen LogP) is 4.16. The summed E-state index contributed by atoms with van der Waals surface area (Å²) in [5.74, 6) is -0.0268. The van der Waals surface area contributed by atoms with Crippen LogP contribution in [0, 0.1) is 6.92 Å². The molecule has 1 N–H and O–H groups in total. The van der Waals surface area contributed by atoms with Crippen molar-refractivity contribution in [2.45, 2.75) is 58.4 Å². The number of hydrogen-bond donors (Lipinski definition) is 1. The summed E-state index contributed by atoms with van der Waals surface area (Å²) in [7, 11) is 0. The molecule has 1 aliphatic carbocycles. The Balaban J connectivity index is 1.91. The first-order chi connectivity index (χ1) is 11.0. The summed E-state index contributed by atoms with van der Waals surface area (Å²) in [6.45, 7) is 3.95. The molecule has 0 atom stereocenters. The van der Waals surface area contributed by atoms with Gasteiger partial charge in [0.2, 0.25) is 11.8 Å². The zero-order valence-electron chi connectivity index (χ0n) is 13.9. The van der Waals surface area contributed by atoms with Crippen LogP contribution >= 0.6 is 11.6 Å². The smallest absolute Gasteiger partial charge is 0.226 e. The third kappa shape index (κ3) is 4.96. The van der Waals surface area contributed by atoms with Crippen LogP contribution in [0.4, 0.5) is 5.69 Å². The van der Waals surface area contributed by atoms with Crippen molar-refractivity contribution in [3.05, 3.63) is 28.8 Å². The molecule has 1 aromatic carbocycles. The molecule has 0 aliphatic heterocycles. The highest BCUT2D eigenvalue weighted by atomic mass is 35.5. The van der Waals surface area contributed by atoms with Gasteiger partial charge in [-0.25, -0.2) is 0 Å². The number of nitrogens with zero attached hydrogens (tertiary/aromatic N) is 1. The molecule has 1 aliphatic rings. The van der Waals surface area contributed by atoms with E-state index in [1.54, 1.807) is 13.0 Å². The number of carbonyl (C=O) groups is 2. The monoisotopic (exact) mass is 336 g/mol. The molecule has 2 amide bonds. The van der Waals surface area contributed by atoms with Gasteiger partial charge in [0.25, 0.3) is 0 Å². The fourth-order valence-electron chi connectivity index (χ4n) is 3.17. The van der Waals surface area contributed by atoms with Gasteiger partial charge in [0.05, 0.1) is 0 Å². The SMILES string of the molecule is CC(=O)N(CCC(=O)Nc1cccc(Cl)c1C)C1CCCCC1. The zero-order valence-corrected chi connectivity index (χ0v) is 14.7. The molecule has 23 heavy (non-hydrogen) atoms. The number of benzene rings is 1. The highest BCUT2D eigenvalue weighted by Crippen LogP contribution is 2.24. The topological polar surface area (TPSA) is 49.4 Å². The van der Waals surface area contributed by atoms with Gasteiger partial charge in [0, 0.05) is 36.6 Å². The van der Waals surface area contributed by atoms with Crippen LogP contribution in [0.5, 0.6) is 0 Å². The summed E-state index contributed by atoms with van der Waals surface area (Å²) in [6, 6.07) is 5.74. The molecule has 0 aromatic heterocycles. The van der Waals surface area contributed by atoms with Gasteiger partial charge in [-0.15, -0.1) is 0 Å². The molecule has 126 valence electrons. The Labute approximate surface area is 143 Å². The van der Waals surface area contributed by atoms with Crippen LogP contribution in [0.1, 0.15) is 51.0 Å². The van der Waals surface area contributed by atoms with E-state index in [9.17, 15) is 9.59 Å². The van der Waals surface area contributed by atoms with Crippen molar-refractivity contribution < 1.29 is 9.59 Å². The standard InChI is InChI=1S/C18H25ClN2O2/c1-13-16(19)9-6-10-17(13)20-18(23)11-12-21(14(2)22)15-7-4-3-5-8-15/h6,9-10,15H,3-5,7-8,11-12H2,1-2H3,(H,20,23). The number of hydrogen-bond acceptors (Lipinski definition) is 2. The van der Waals surface area contributed by atoms with E-state index in [2.05, 4.69) is 5.32 Å². The summed E-state index contributed by atoms with van der Waals surface area (Å²) in [5, 5.41) is 3.52. The molecule has 0 saturated heterocycles. The first kappa shape index (κ1) is 17.8. The molecular formula is C18H25ClN2O2. The number of halogens is 1. The third-order valence-corrected chi connectivity index (χ3v) is 4.95. The maximum atomic E-state index is 12.2. The fraction of sp³-hybridized carbons (Fsp3) is 0.556. The fourth-order valence-corrected chi connectivity index (χ4v) is 3.34. The quantitative estimate of drug-likeness (QED) is 0.877. The van der Waals surface area contributed by atoms with Gasteiger partial charge in [0.1, 0.15) is 0 Å². The number of rotatable bonds is 5. The molecule has 2 rings (SSSR count). The Morgan fingerprint density at radius 3 is 2.61 bits per heavy atom. The lowest BCUT2D eigenvalue weighted by atomic mass is 9.94. The maximum Gasteiger partial charge on any atom is 0.226 e. The van der Waals surface area contributed by atoms with Gasteiger partial charge in [-0.05, 0) is 37.5 Å². The summed E-state index contributed by atoms with van der Waals surface area (Å²) >= 11 is 6.06. The lowest BCUT2D eigenvalue weighted by Crippen LogP contribution is -2.41. The minimum atomic E-state index is -0.0857. The van der Waals surface area contributed by atoms with Crippen molar-refractivity contribution in [3.8, 4) is 0 Å². The molecule has 1 fully saturated rings. The van der Waals surface area contributed by atoms with Crippen molar-refractivity contribution in [1.29, 1.82) is 0 Å². The summed E-state index contributed by atoms with van der Waals surface area (Å²) in [4.78, 5) is 25.9. The van der Waals surface area contributed by atoms with E-state index in [0.717, 1.165) is 24.1 Å². The van der Waals surface area contributed by atoms with Crippen LogP contribution in [0.3, 0.4) is 0 Å². The van der Waals surface area contributed by atoms with E-state index >= 15 is 0 Å². The zero-order chi connectivity index (χ0) is 16.8. The van der Waals surface area contributed by atoms with E-state index < -0.39 is 0 Å². The Bertz CT molecular complexity index is 568. The van der Waals surface area contributed by atoms with Crippen LogP contribution in [-0.2, 0) is 9.59 Å². The molecule has 0 spiro atoms. The number of anilines is 1. The second-order valence-corrected chi connectivity index (χ2v) is 6.62. The van der Waals surface area contributed by atoms with Crippen molar-refractivity contribution in [1.82, 2.24) is 4.90 Å². The van der Waals surface area contributed by atoms with Gasteiger partial charge in [0.15, 0.2) is 0 Å². The van der Waals surface area contributed by atoms with E-state index in [0.29, 0.717) is 24.0 Å². The average Bonchev–Trinajstić information content (AvgIpc) is 2.53. The number of carbonyl (C=O) groups excluding carboxylic acids is 2. The Morgan fingerprint density at radius 1 is 1.26 bits per heavy atom. The first-order valence-corrected chi connectivity index (χ1v) is 8.69. The maximum absolute atomic E-state index is 12.2. The molecule has 5 heteroatoms. The van der Waals surface area contributed by atoms with Crippen molar-refractivity contribution in [2.75, 3.05) is 11.9 Å². The van der Waals surface area contributed by atoms with Crippen LogP contribution in [-0.4, -0.2) is 29.3 Å². The van der Waals surface area contributed by atoms with Crippen LogP contribution in [0.25, 0.3) is 0 Å². The van der Waals surface area contributed by atoms with Gasteiger partial charge in [-0.2, -0.15) is 0 Å². The second kappa shape index (κ2) is 8.34. The Hall–Kier alpha value is -1.55. The molecule has 0 bridgehead atoms. The summed E-state index contributed by atoms with van der Waals surface area (Å²) < 4.78 is 0. The van der Waals surface area contributed by atoms with E-state index in [4.69, 9.17) is 11.6 Å². The number of nitrogens with one attached hydrogen (secondary N) is 1. The van der Waals surface area contributed by atoms with Gasteiger partial charge < -0.3 is 10.2 Å². The third-order valence-electron chi connectivity index (χ3n) is 4.54. The largest absolute Gasteiger partial charge is 0.339 e. The highest BCUT2D eigenvalue weighted by Gasteiger charge is 2.23. The summed E-state index contributed by atoms with van der Waals surface area (Å²) in [6.07, 6.45) is 5.99. The Kier molecular flexibility index (Phi) is 6.46. The minimum Gasteiger partial charge on any atom is -0.339 e. The second-order valence-electron chi connectivity index (χ2n) is 6.21. The molecule has 0 unspecified atom stereocenters. The molecular weight excluding hydrogens is 312 g/mol. The summed E-state index contributed by atoms with van der Waals surface area (Å²) in [5.41, 5.74) is 1.59. The van der Waals surface area contributed by atoms with Gasteiger partial charge in [-0.3, -0.25) is 9.59 Å². The molecule has 4 nitrogen and oxygen atoms in total. The minimum absolute atomic E-state index is 0.0589. The van der Waals surface area contributed by atoms with E-state index in [-0.39, 0.29) is 11.8 Å². The molecule has 1 saturated carbocycles. The van der Waals surface area contributed by atoms with Crippen molar-refractivity contribution in [3.63, 3.8) is 0 Å². The highest BCUT2D eigenvalue weighted by molar-refractivity contribution is 6.31. The normalized spacial score (nSPS) is 15.3. The van der Waals surface area contributed by atoms with Crippen LogP contribution in [0.2, 0.25) is 5.02 Å². The van der Waals surface area contributed by atoms with Crippen molar-refractivity contribution >= 4 is 29.1 Å².